The molecule has 1 fully saturated rings. The fourth-order valence-electron chi connectivity index (χ4n) is 5.16. The number of rotatable bonds is 4. The number of guanidine groups is 1. The minimum Gasteiger partial charge on any atom is -0.452 e. The van der Waals surface area contributed by atoms with Gasteiger partial charge in [-0.2, -0.15) is 0 Å². The summed E-state index contributed by atoms with van der Waals surface area (Å²) in [6.45, 7) is 7.40. The van der Waals surface area contributed by atoms with Gasteiger partial charge in [0.15, 0.2) is 10.6 Å². The quantitative estimate of drug-likeness (QED) is 0.209. The van der Waals surface area contributed by atoms with Crippen LogP contribution in [0.15, 0.2) is 44.4 Å². The molecule has 0 bridgehead atoms. The van der Waals surface area contributed by atoms with Crippen LogP contribution in [0.1, 0.15) is 57.1 Å². The van der Waals surface area contributed by atoms with E-state index in [1.165, 1.54) is 16.6 Å². The Bertz CT molecular complexity index is 1320. The largest absolute Gasteiger partial charge is 0.452 e. The topological polar surface area (TPSA) is 94.9 Å². The summed E-state index contributed by atoms with van der Waals surface area (Å²) in [5, 5.41) is 9.26. The molecule has 3 N–H and O–H groups in total. The number of nitrogens with zero attached hydrogens (tertiary/aromatic N) is 2. The number of likely N-dealkylation sites (tertiary alicyclic amines) is 1. The number of piperidine rings is 1. The summed E-state index contributed by atoms with van der Waals surface area (Å²) >= 11 is 9.68. The van der Waals surface area contributed by atoms with E-state index in [1.54, 1.807) is 4.90 Å². The second-order valence-corrected chi connectivity index (χ2v) is 12.3. The Morgan fingerprint density at radius 3 is 2.62 bits per heavy atom. The lowest BCUT2D eigenvalue weighted by molar-refractivity contribution is 0.0202. The van der Waals surface area contributed by atoms with Crippen LogP contribution in [0.25, 0.3) is 10.9 Å². The summed E-state index contributed by atoms with van der Waals surface area (Å²) in [5.41, 5.74) is 3.26. The number of benzene rings is 1. The predicted molar refractivity (Wildman–Crippen MR) is 164 cm³/mol. The van der Waals surface area contributed by atoms with E-state index in [-0.39, 0.29) is 35.2 Å². The number of aryl methyl sites for hydroxylation is 1. The molecule has 5 rings (SSSR count). The maximum atomic E-state index is 12.5. The van der Waals surface area contributed by atoms with Crippen molar-refractivity contribution >= 4 is 67.5 Å². The zero-order valence-corrected chi connectivity index (χ0v) is 26.5. The van der Waals surface area contributed by atoms with Crippen LogP contribution in [0.3, 0.4) is 0 Å². The molecular weight excluding hydrogens is 650 g/mol. The lowest BCUT2D eigenvalue weighted by atomic mass is 9.91. The second kappa shape index (κ2) is 12.6. The molecule has 1 atom stereocenters. The van der Waals surface area contributed by atoms with Gasteiger partial charge in [-0.3, -0.25) is 0 Å². The highest BCUT2D eigenvalue weighted by atomic mass is 79.9. The highest BCUT2D eigenvalue weighted by molar-refractivity contribution is 9.10. The SMILES string of the molecule is Br.CC(C)(C)OC(=O)N1CCC(NC(=NCc2ccc(Br)o2)NC2CCc3[nH]c4ccc(Cl)cc4c3C2)CC1. The van der Waals surface area contributed by atoms with E-state index >= 15 is 0 Å². The molecular formula is C28H36Br2ClN5O3. The van der Waals surface area contributed by atoms with Crippen LogP contribution in [-0.4, -0.2) is 52.7 Å². The fourth-order valence-corrected chi connectivity index (χ4v) is 5.67. The Kier molecular flexibility index (Phi) is 9.60. The average Bonchev–Trinajstić information content (AvgIpc) is 3.44. The maximum absolute atomic E-state index is 12.5. The number of carbonyl (C=O) groups excluding carboxylic acids is 1. The number of aromatic nitrogens is 1. The summed E-state index contributed by atoms with van der Waals surface area (Å²) < 4.78 is 11.9. The molecule has 1 aromatic carbocycles. The summed E-state index contributed by atoms with van der Waals surface area (Å²) in [4.78, 5) is 22.7. The number of amides is 1. The van der Waals surface area contributed by atoms with E-state index in [1.807, 2.05) is 39.0 Å². The first-order valence-corrected chi connectivity index (χ1v) is 14.4. The molecule has 2 aliphatic rings. The Labute approximate surface area is 253 Å². The molecule has 1 amide bonds. The van der Waals surface area contributed by atoms with E-state index < -0.39 is 5.60 Å². The Morgan fingerprint density at radius 1 is 1.18 bits per heavy atom. The average molecular weight is 686 g/mol. The normalized spacial score (nSPS) is 18.4. The number of fused-ring (bicyclic) bond motifs is 3. The number of furan rings is 1. The molecule has 8 nitrogen and oxygen atoms in total. The molecule has 0 radical (unpaired) electrons. The third kappa shape index (κ3) is 7.73. The van der Waals surface area contributed by atoms with Crippen molar-refractivity contribution in [1.82, 2.24) is 20.5 Å². The lowest BCUT2D eigenvalue weighted by Gasteiger charge is -2.35. The van der Waals surface area contributed by atoms with Gasteiger partial charge in [0.05, 0.1) is 0 Å². The van der Waals surface area contributed by atoms with Crippen LogP contribution in [0.4, 0.5) is 4.79 Å². The first-order valence-electron chi connectivity index (χ1n) is 13.2. The summed E-state index contributed by atoms with van der Waals surface area (Å²) in [5.74, 6) is 1.55. The first-order chi connectivity index (χ1) is 18.1. The number of aromatic amines is 1. The Balaban J connectivity index is 0.00000353. The van der Waals surface area contributed by atoms with Crippen LogP contribution < -0.4 is 10.6 Å². The van der Waals surface area contributed by atoms with E-state index in [2.05, 4.69) is 43.7 Å². The zero-order valence-electron chi connectivity index (χ0n) is 22.5. The second-order valence-electron chi connectivity index (χ2n) is 11.1. The first kappa shape index (κ1) is 29.8. The Morgan fingerprint density at radius 2 is 1.92 bits per heavy atom. The van der Waals surface area contributed by atoms with Crippen LogP contribution in [0.5, 0.6) is 0 Å². The van der Waals surface area contributed by atoms with E-state index in [0.29, 0.717) is 24.3 Å². The standard InChI is InChI=1S/C28H35BrClN5O3.BrH/c1-28(2,3)38-27(36)35-12-10-18(11-13-35)32-26(31-16-20-6-9-25(29)37-20)33-19-5-8-24-22(15-19)21-14-17(30)4-7-23(21)34-24;/h4,6-7,9,14,18-19,34H,5,8,10-13,15-16H2,1-3H3,(H2,31,32,33);1H. The van der Waals surface area contributed by atoms with Gasteiger partial charge in [-0.25, -0.2) is 9.79 Å². The molecule has 1 unspecified atom stereocenters. The van der Waals surface area contributed by atoms with Crippen molar-refractivity contribution in [3.8, 4) is 0 Å². The van der Waals surface area contributed by atoms with Gasteiger partial charge in [-0.15, -0.1) is 17.0 Å². The van der Waals surface area contributed by atoms with Crippen molar-refractivity contribution in [3.63, 3.8) is 0 Å². The molecule has 3 heterocycles. The summed E-state index contributed by atoms with van der Waals surface area (Å²) in [6.07, 6.45) is 4.25. The van der Waals surface area contributed by atoms with Gasteiger partial charge in [0.2, 0.25) is 0 Å². The van der Waals surface area contributed by atoms with Crippen molar-refractivity contribution in [2.24, 2.45) is 4.99 Å². The highest BCUT2D eigenvalue weighted by Gasteiger charge is 2.28. The lowest BCUT2D eigenvalue weighted by Crippen LogP contribution is -2.52. The summed E-state index contributed by atoms with van der Waals surface area (Å²) in [6, 6.07) is 10.3. The molecule has 11 heteroatoms. The van der Waals surface area contributed by atoms with Crippen molar-refractivity contribution in [3.05, 3.63) is 57.0 Å². The number of hydrogen-bond donors (Lipinski definition) is 3. The molecule has 0 spiro atoms. The zero-order chi connectivity index (χ0) is 26.9. The van der Waals surface area contributed by atoms with Crippen molar-refractivity contribution in [1.29, 1.82) is 0 Å². The van der Waals surface area contributed by atoms with E-state index in [4.69, 9.17) is 25.7 Å². The van der Waals surface area contributed by atoms with Gasteiger partial charge in [0.25, 0.3) is 0 Å². The number of halogens is 3. The number of H-pyrrole nitrogens is 1. The number of hydrogen-bond acceptors (Lipinski definition) is 4. The molecule has 3 aromatic rings. The van der Waals surface area contributed by atoms with Gasteiger partial charge in [-0.05, 0) is 105 Å². The van der Waals surface area contributed by atoms with Crippen LogP contribution in [-0.2, 0) is 24.1 Å². The minimum absolute atomic E-state index is 0. The maximum Gasteiger partial charge on any atom is 0.410 e. The van der Waals surface area contributed by atoms with Crippen molar-refractivity contribution in [2.75, 3.05) is 13.1 Å². The molecule has 39 heavy (non-hydrogen) atoms. The van der Waals surface area contributed by atoms with E-state index in [9.17, 15) is 4.79 Å². The van der Waals surface area contributed by atoms with Gasteiger partial charge in [-0.1, -0.05) is 11.6 Å². The van der Waals surface area contributed by atoms with Gasteiger partial charge >= 0.3 is 6.09 Å². The molecule has 0 saturated carbocycles. The third-order valence-corrected chi connectivity index (χ3v) is 7.66. The smallest absolute Gasteiger partial charge is 0.410 e. The molecule has 212 valence electrons. The summed E-state index contributed by atoms with van der Waals surface area (Å²) in [7, 11) is 0. The van der Waals surface area contributed by atoms with E-state index in [0.717, 1.165) is 54.4 Å². The monoisotopic (exact) mass is 683 g/mol. The molecule has 2 aromatic heterocycles. The van der Waals surface area contributed by atoms with Crippen LogP contribution >= 0.6 is 44.5 Å². The molecule has 1 aliphatic carbocycles. The predicted octanol–water partition coefficient (Wildman–Crippen LogP) is 6.75. The number of carbonyl (C=O) groups is 1. The van der Waals surface area contributed by atoms with Crippen LogP contribution in [0, 0.1) is 0 Å². The minimum atomic E-state index is -0.493. The number of nitrogens with one attached hydrogen (secondary N) is 3. The molecule has 1 aliphatic heterocycles. The number of ether oxygens (including phenoxy) is 1. The highest BCUT2D eigenvalue weighted by Crippen LogP contribution is 2.31. The number of aliphatic imine (C=N–C) groups is 1. The third-order valence-electron chi connectivity index (χ3n) is 7.00. The molecule has 1 saturated heterocycles. The van der Waals surface area contributed by atoms with Gasteiger partial charge in [0, 0.05) is 46.8 Å². The van der Waals surface area contributed by atoms with Crippen molar-refractivity contribution < 1.29 is 13.9 Å². The van der Waals surface area contributed by atoms with Gasteiger partial charge < -0.3 is 29.7 Å². The Hall–Kier alpha value is -2.17. The van der Waals surface area contributed by atoms with Crippen LogP contribution in [0.2, 0.25) is 5.02 Å². The van der Waals surface area contributed by atoms with Crippen molar-refractivity contribution in [2.45, 2.75) is 77.1 Å². The van der Waals surface area contributed by atoms with Gasteiger partial charge in [0.1, 0.15) is 17.9 Å². The fraction of sp³-hybridized carbons (Fsp3) is 0.500.